The number of aliphatic hydroxyl groups is 1. The van der Waals surface area contributed by atoms with Crippen molar-refractivity contribution in [3.63, 3.8) is 0 Å². The lowest BCUT2D eigenvalue weighted by Crippen LogP contribution is -2.21. The van der Waals surface area contributed by atoms with Gasteiger partial charge in [-0.25, -0.2) is 0 Å². The summed E-state index contributed by atoms with van der Waals surface area (Å²) in [5, 5.41) is 11.8. The number of hydrogen-bond donors (Lipinski definition) is 2. The predicted octanol–water partition coefficient (Wildman–Crippen LogP) is 2.92. The van der Waals surface area contributed by atoms with Gasteiger partial charge in [-0.2, -0.15) is 0 Å². The molecule has 0 amide bonds. The van der Waals surface area contributed by atoms with E-state index in [1.165, 1.54) is 5.56 Å². The third-order valence-electron chi connectivity index (χ3n) is 2.64. The van der Waals surface area contributed by atoms with Gasteiger partial charge in [0.05, 0.1) is 13.2 Å². The molecule has 3 nitrogen and oxygen atoms in total. The first-order chi connectivity index (χ1) is 8.65. The molecule has 0 radical (unpaired) electrons. The maximum absolute atomic E-state index is 8.63. The molecular weight excluding hydrogens is 294 g/mol. The van der Waals surface area contributed by atoms with E-state index in [2.05, 4.69) is 41.2 Å². The summed E-state index contributed by atoms with van der Waals surface area (Å²) in [6, 6.07) is 6.13. The van der Waals surface area contributed by atoms with E-state index < -0.39 is 0 Å². The van der Waals surface area contributed by atoms with E-state index in [4.69, 9.17) is 9.84 Å². The number of nitrogens with one attached hydrogen (secondary N) is 1. The second-order valence-electron chi connectivity index (χ2n) is 4.51. The highest BCUT2D eigenvalue weighted by atomic mass is 79.9. The third kappa shape index (κ3) is 5.38. The van der Waals surface area contributed by atoms with Crippen LogP contribution in [0.1, 0.15) is 31.7 Å². The van der Waals surface area contributed by atoms with Crippen molar-refractivity contribution in [2.45, 2.75) is 26.2 Å². The van der Waals surface area contributed by atoms with Gasteiger partial charge in [0.2, 0.25) is 0 Å². The van der Waals surface area contributed by atoms with E-state index in [-0.39, 0.29) is 6.61 Å². The van der Waals surface area contributed by atoms with E-state index in [9.17, 15) is 0 Å². The summed E-state index contributed by atoms with van der Waals surface area (Å²) in [6.45, 7) is 6.73. The molecule has 0 fully saturated rings. The van der Waals surface area contributed by atoms with Crippen molar-refractivity contribution in [1.29, 1.82) is 0 Å². The molecule has 2 N–H and O–H groups in total. The number of aliphatic hydroxyl groups excluding tert-OH is 1. The van der Waals surface area contributed by atoms with Crippen LogP contribution in [0.3, 0.4) is 0 Å². The lowest BCUT2D eigenvalue weighted by molar-refractivity contribution is 0.281. The zero-order valence-electron chi connectivity index (χ0n) is 11.1. The first-order valence-corrected chi connectivity index (χ1v) is 7.18. The lowest BCUT2D eigenvalue weighted by atomic mass is 10.0. The van der Waals surface area contributed by atoms with Crippen molar-refractivity contribution in [3.8, 4) is 5.75 Å². The first kappa shape index (κ1) is 15.5. The molecule has 0 heterocycles. The van der Waals surface area contributed by atoms with Crippen LogP contribution in [0.4, 0.5) is 0 Å². The summed E-state index contributed by atoms with van der Waals surface area (Å²) in [5.74, 6) is 1.42. The van der Waals surface area contributed by atoms with Crippen molar-refractivity contribution in [1.82, 2.24) is 5.32 Å². The van der Waals surface area contributed by atoms with E-state index >= 15 is 0 Å². The first-order valence-electron chi connectivity index (χ1n) is 6.39. The fourth-order valence-electron chi connectivity index (χ4n) is 1.69. The molecule has 0 aliphatic rings. The number of hydrogen-bond acceptors (Lipinski definition) is 3. The van der Waals surface area contributed by atoms with Crippen LogP contribution in [0.25, 0.3) is 0 Å². The fourth-order valence-corrected chi connectivity index (χ4v) is 2.06. The Morgan fingerprint density at radius 3 is 2.78 bits per heavy atom. The van der Waals surface area contributed by atoms with E-state index in [1.54, 1.807) is 0 Å². The van der Waals surface area contributed by atoms with Gasteiger partial charge >= 0.3 is 0 Å². The highest BCUT2D eigenvalue weighted by molar-refractivity contribution is 9.10. The van der Waals surface area contributed by atoms with Gasteiger partial charge in [0.25, 0.3) is 0 Å². The van der Waals surface area contributed by atoms with Crippen LogP contribution >= 0.6 is 15.9 Å². The second kappa shape index (κ2) is 8.51. The molecule has 0 spiro atoms. The number of ether oxygens (including phenoxy) is 1. The molecule has 4 heteroatoms. The minimum atomic E-state index is 0.186. The van der Waals surface area contributed by atoms with Crippen LogP contribution in [0, 0.1) is 0 Å². The Bertz CT molecular complexity index is 356. The molecule has 1 aromatic carbocycles. The third-order valence-corrected chi connectivity index (χ3v) is 3.13. The van der Waals surface area contributed by atoms with Crippen molar-refractivity contribution in [3.05, 3.63) is 28.2 Å². The summed E-state index contributed by atoms with van der Waals surface area (Å²) >= 11 is 3.49. The van der Waals surface area contributed by atoms with E-state index in [0.29, 0.717) is 19.1 Å². The summed E-state index contributed by atoms with van der Waals surface area (Å²) in [7, 11) is 0. The topological polar surface area (TPSA) is 41.5 Å². The van der Waals surface area contributed by atoms with Crippen molar-refractivity contribution >= 4 is 15.9 Å². The van der Waals surface area contributed by atoms with Gasteiger partial charge < -0.3 is 15.2 Å². The Labute approximate surface area is 118 Å². The second-order valence-corrected chi connectivity index (χ2v) is 5.43. The average Bonchev–Trinajstić information content (AvgIpc) is 2.35. The molecule has 102 valence electrons. The molecule has 0 aromatic heterocycles. The minimum absolute atomic E-state index is 0.186. The largest absolute Gasteiger partial charge is 0.493 e. The normalized spacial score (nSPS) is 10.9. The monoisotopic (exact) mass is 315 g/mol. The Balaban J connectivity index is 2.42. The number of halogens is 1. The van der Waals surface area contributed by atoms with Gasteiger partial charge in [-0.15, -0.1) is 0 Å². The molecule has 1 aromatic rings. The molecule has 0 saturated heterocycles. The Morgan fingerprint density at radius 1 is 1.33 bits per heavy atom. The number of rotatable bonds is 8. The molecule has 0 bridgehead atoms. The van der Waals surface area contributed by atoms with Crippen LogP contribution in [0.5, 0.6) is 5.75 Å². The van der Waals surface area contributed by atoms with Crippen LogP contribution < -0.4 is 10.1 Å². The molecule has 0 unspecified atom stereocenters. The Morgan fingerprint density at radius 2 is 2.11 bits per heavy atom. The van der Waals surface area contributed by atoms with Crippen LogP contribution in [-0.2, 0) is 0 Å². The summed E-state index contributed by atoms with van der Waals surface area (Å²) in [6.07, 6.45) is 0.938. The summed E-state index contributed by atoms with van der Waals surface area (Å²) in [5.41, 5.74) is 1.23. The zero-order chi connectivity index (χ0) is 13.4. The predicted molar refractivity (Wildman–Crippen MR) is 78.3 cm³/mol. The van der Waals surface area contributed by atoms with Gasteiger partial charge in [-0.1, -0.05) is 29.8 Å². The summed E-state index contributed by atoms with van der Waals surface area (Å²) < 4.78 is 6.90. The van der Waals surface area contributed by atoms with Gasteiger partial charge in [-0.05, 0) is 42.6 Å². The quantitative estimate of drug-likeness (QED) is 0.725. The van der Waals surface area contributed by atoms with E-state index in [0.717, 1.165) is 23.2 Å². The highest BCUT2D eigenvalue weighted by Crippen LogP contribution is 2.29. The number of benzene rings is 1. The van der Waals surface area contributed by atoms with Gasteiger partial charge in [0, 0.05) is 11.0 Å². The standard InChI is InChI=1S/C14H22BrNO2/c1-11(2)13-10-12(15)4-5-14(13)18-9-3-6-16-7-8-17/h4-5,10-11,16-17H,3,6-9H2,1-2H3. The van der Waals surface area contributed by atoms with Crippen molar-refractivity contribution in [2.75, 3.05) is 26.3 Å². The SMILES string of the molecule is CC(C)c1cc(Br)ccc1OCCCNCCO. The fraction of sp³-hybridized carbons (Fsp3) is 0.571. The maximum atomic E-state index is 8.63. The molecule has 18 heavy (non-hydrogen) atoms. The zero-order valence-corrected chi connectivity index (χ0v) is 12.7. The van der Waals surface area contributed by atoms with Gasteiger partial charge in [-0.3, -0.25) is 0 Å². The Hall–Kier alpha value is -0.580. The van der Waals surface area contributed by atoms with E-state index in [1.807, 2.05) is 12.1 Å². The van der Waals surface area contributed by atoms with Crippen molar-refractivity contribution in [2.24, 2.45) is 0 Å². The van der Waals surface area contributed by atoms with Gasteiger partial charge in [0.15, 0.2) is 0 Å². The molecule has 0 aliphatic carbocycles. The lowest BCUT2D eigenvalue weighted by Gasteiger charge is -2.14. The molecule has 1 rings (SSSR count). The van der Waals surface area contributed by atoms with Crippen LogP contribution in [0.2, 0.25) is 0 Å². The molecule has 0 aliphatic heterocycles. The highest BCUT2D eigenvalue weighted by Gasteiger charge is 2.08. The molecule has 0 saturated carbocycles. The summed E-state index contributed by atoms with van der Waals surface area (Å²) in [4.78, 5) is 0. The average molecular weight is 316 g/mol. The van der Waals surface area contributed by atoms with Gasteiger partial charge in [0.1, 0.15) is 5.75 Å². The molecule has 0 atom stereocenters. The van der Waals surface area contributed by atoms with Crippen LogP contribution in [0.15, 0.2) is 22.7 Å². The maximum Gasteiger partial charge on any atom is 0.122 e. The molecular formula is C14H22BrNO2. The minimum Gasteiger partial charge on any atom is -0.493 e. The Kier molecular flexibility index (Phi) is 7.32. The van der Waals surface area contributed by atoms with Crippen molar-refractivity contribution < 1.29 is 9.84 Å². The van der Waals surface area contributed by atoms with Crippen LogP contribution in [-0.4, -0.2) is 31.4 Å². The smallest absolute Gasteiger partial charge is 0.122 e.